The van der Waals surface area contributed by atoms with Crippen LogP contribution in [-0.2, 0) is 4.79 Å². The van der Waals surface area contributed by atoms with Crippen LogP contribution in [0.15, 0.2) is 17.5 Å². The van der Waals surface area contributed by atoms with Crippen LogP contribution in [0.1, 0.15) is 41.4 Å². The van der Waals surface area contributed by atoms with Crippen LogP contribution in [0.3, 0.4) is 0 Å². The topological polar surface area (TPSA) is 57.6 Å². The van der Waals surface area contributed by atoms with Crippen LogP contribution in [-0.4, -0.2) is 35.0 Å². The van der Waals surface area contributed by atoms with E-state index in [2.05, 4.69) is 0 Å². The molecule has 20 heavy (non-hydrogen) atoms. The Morgan fingerprint density at radius 1 is 1.50 bits per heavy atom. The number of thiophene rings is 1. The van der Waals surface area contributed by atoms with E-state index in [1.54, 1.807) is 11.4 Å². The van der Waals surface area contributed by atoms with Gasteiger partial charge in [0, 0.05) is 29.4 Å². The van der Waals surface area contributed by atoms with Gasteiger partial charge in [0.15, 0.2) is 0 Å². The Morgan fingerprint density at radius 2 is 2.25 bits per heavy atom. The smallest absolute Gasteiger partial charge is 0.328 e. The Bertz CT molecular complexity index is 517. The normalized spacial score (nSPS) is 15.2. The Balaban J connectivity index is 2.01. The third-order valence-corrected chi connectivity index (χ3v) is 4.53. The van der Waals surface area contributed by atoms with Crippen LogP contribution in [0, 0.1) is 5.92 Å². The summed E-state index contributed by atoms with van der Waals surface area (Å²) in [4.78, 5) is 25.5. The minimum atomic E-state index is -0.980. The van der Waals surface area contributed by atoms with Crippen molar-refractivity contribution in [3.8, 4) is 0 Å². The minimum absolute atomic E-state index is 0.0469. The number of aliphatic carboxylic acids is 1. The van der Waals surface area contributed by atoms with Crippen molar-refractivity contribution in [2.75, 3.05) is 13.1 Å². The summed E-state index contributed by atoms with van der Waals surface area (Å²) in [6, 6.07) is 1.76. The molecule has 1 N–H and O–H groups in total. The molecule has 1 aromatic rings. The quantitative estimate of drug-likeness (QED) is 0.820. The van der Waals surface area contributed by atoms with Gasteiger partial charge in [-0.05, 0) is 37.8 Å². The maximum atomic E-state index is 12.4. The van der Waals surface area contributed by atoms with Crippen molar-refractivity contribution in [3.63, 3.8) is 0 Å². The molecule has 1 aromatic heterocycles. The first kappa shape index (κ1) is 14.8. The monoisotopic (exact) mass is 293 g/mol. The summed E-state index contributed by atoms with van der Waals surface area (Å²) >= 11 is 1.39. The fourth-order valence-corrected chi connectivity index (χ4v) is 3.00. The molecule has 0 radical (unpaired) electrons. The largest absolute Gasteiger partial charge is 0.478 e. The van der Waals surface area contributed by atoms with E-state index in [4.69, 9.17) is 5.11 Å². The molecule has 1 aliphatic carbocycles. The number of carboxylic acids is 1. The molecule has 0 atom stereocenters. The zero-order chi connectivity index (χ0) is 14.5. The molecule has 0 unspecified atom stereocenters. The van der Waals surface area contributed by atoms with Gasteiger partial charge in [0.25, 0.3) is 5.91 Å². The van der Waals surface area contributed by atoms with Crippen molar-refractivity contribution >= 4 is 29.3 Å². The van der Waals surface area contributed by atoms with Crippen molar-refractivity contribution < 1.29 is 14.7 Å². The maximum Gasteiger partial charge on any atom is 0.328 e. The number of hydrogen-bond acceptors (Lipinski definition) is 3. The van der Waals surface area contributed by atoms with Crippen LogP contribution in [0.4, 0.5) is 0 Å². The van der Waals surface area contributed by atoms with Gasteiger partial charge in [0.2, 0.25) is 0 Å². The number of rotatable bonds is 6. The Labute approximate surface area is 122 Å². The van der Waals surface area contributed by atoms with Crippen LogP contribution in [0.2, 0.25) is 0 Å². The molecular weight excluding hydrogens is 274 g/mol. The predicted octanol–water partition coefficient (Wildman–Crippen LogP) is 3.11. The number of carboxylic acid groups (broad SMARTS) is 1. The summed E-state index contributed by atoms with van der Waals surface area (Å²) in [5, 5.41) is 10.4. The van der Waals surface area contributed by atoms with E-state index >= 15 is 0 Å². The number of amides is 1. The molecule has 5 heteroatoms. The van der Waals surface area contributed by atoms with E-state index in [9.17, 15) is 9.59 Å². The first-order valence-corrected chi connectivity index (χ1v) is 7.77. The van der Waals surface area contributed by atoms with Crippen LogP contribution in [0.25, 0.3) is 6.08 Å². The second kappa shape index (κ2) is 6.70. The van der Waals surface area contributed by atoms with Crippen molar-refractivity contribution in [1.82, 2.24) is 4.90 Å². The minimum Gasteiger partial charge on any atom is -0.478 e. The molecule has 0 spiro atoms. The van der Waals surface area contributed by atoms with Crippen LogP contribution in [0.5, 0.6) is 0 Å². The van der Waals surface area contributed by atoms with Gasteiger partial charge < -0.3 is 10.0 Å². The van der Waals surface area contributed by atoms with E-state index in [-0.39, 0.29) is 5.91 Å². The highest BCUT2D eigenvalue weighted by molar-refractivity contribution is 7.11. The summed E-state index contributed by atoms with van der Waals surface area (Å²) in [5.41, 5.74) is 0.654. The fraction of sp³-hybridized carbons (Fsp3) is 0.467. The molecule has 0 saturated heterocycles. The number of hydrogen-bond donors (Lipinski definition) is 1. The summed E-state index contributed by atoms with van der Waals surface area (Å²) in [5.74, 6) is -0.277. The van der Waals surface area contributed by atoms with Crippen molar-refractivity contribution in [2.45, 2.75) is 26.2 Å². The molecule has 1 fully saturated rings. The first-order chi connectivity index (χ1) is 9.60. The van der Waals surface area contributed by atoms with E-state index in [1.807, 2.05) is 11.8 Å². The second-order valence-corrected chi connectivity index (χ2v) is 5.99. The molecule has 1 aliphatic rings. The highest BCUT2D eigenvalue weighted by Gasteiger charge is 2.23. The molecule has 0 aliphatic heterocycles. The Kier molecular flexibility index (Phi) is 4.95. The molecule has 2 rings (SSSR count). The fourth-order valence-electron chi connectivity index (χ4n) is 2.23. The number of carbonyl (C=O) groups is 2. The lowest BCUT2D eigenvalue weighted by Crippen LogP contribution is -2.37. The average molecular weight is 293 g/mol. The summed E-state index contributed by atoms with van der Waals surface area (Å²) < 4.78 is 0. The number of nitrogens with zero attached hydrogens (tertiary/aromatic N) is 1. The zero-order valence-corrected chi connectivity index (χ0v) is 12.4. The summed E-state index contributed by atoms with van der Waals surface area (Å²) in [6.45, 7) is 3.55. The number of carbonyl (C=O) groups excluding carboxylic acids is 1. The third-order valence-electron chi connectivity index (χ3n) is 3.63. The van der Waals surface area contributed by atoms with Crippen LogP contribution >= 0.6 is 11.3 Å². The predicted molar refractivity (Wildman–Crippen MR) is 79.9 cm³/mol. The second-order valence-electron chi connectivity index (χ2n) is 5.05. The SMILES string of the molecule is CCN(CC1CCC1)C(=O)c1csc(/C=C/C(=O)O)c1. The van der Waals surface area contributed by atoms with E-state index in [0.29, 0.717) is 18.0 Å². The van der Waals surface area contributed by atoms with E-state index in [0.717, 1.165) is 17.5 Å². The van der Waals surface area contributed by atoms with Gasteiger partial charge in [0.05, 0.1) is 5.56 Å². The van der Waals surface area contributed by atoms with Gasteiger partial charge in [-0.3, -0.25) is 4.79 Å². The van der Waals surface area contributed by atoms with E-state index in [1.165, 1.54) is 36.7 Å². The van der Waals surface area contributed by atoms with Gasteiger partial charge in [-0.1, -0.05) is 6.42 Å². The van der Waals surface area contributed by atoms with Gasteiger partial charge in [0.1, 0.15) is 0 Å². The average Bonchev–Trinajstić information content (AvgIpc) is 2.83. The highest BCUT2D eigenvalue weighted by Crippen LogP contribution is 2.28. The third kappa shape index (κ3) is 3.70. The molecule has 1 amide bonds. The van der Waals surface area contributed by atoms with Crippen LogP contribution < -0.4 is 0 Å². The van der Waals surface area contributed by atoms with Gasteiger partial charge in [-0.2, -0.15) is 0 Å². The Hall–Kier alpha value is -1.62. The standard InChI is InChI=1S/C15H19NO3S/c1-2-16(9-11-4-3-5-11)15(19)12-8-13(20-10-12)6-7-14(17)18/h6-8,10-11H,2-5,9H2,1H3,(H,17,18)/b7-6+. The lowest BCUT2D eigenvalue weighted by Gasteiger charge is -2.31. The van der Waals surface area contributed by atoms with Crippen molar-refractivity contribution in [3.05, 3.63) is 28.0 Å². The molecule has 108 valence electrons. The summed E-state index contributed by atoms with van der Waals surface area (Å²) in [6.07, 6.45) is 6.33. The molecule has 0 bridgehead atoms. The molecule has 0 aromatic carbocycles. The van der Waals surface area contributed by atoms with Gasteiger partial charge in [-0.15, -0.1) is 11.3 Å². The van der Waals surface area contributed by atoms with Gasteiger partial charge >= 0.3 is 5.97 Å². The van der Waals surface area contributed by atoms with Crippen molar-refractivity contribution in [1.29, 1.82) is 0 Å². The van der Waals surface area contributed by atoms with E-state index < -0.39 is 5.97 Å². The Morgan fingerprint density at radius 3 is 2.80 bits per heavy atom. The molecule has 4 nitrogen and oxygen atoms in total. The maximum absolute atomic E-state index is 12.4. The lowest BCUT2D eigenvalue weighted by molar-refractivity contribution is -0.131. The highest BCUT2D eigenvalue weighted by atomic mass is 32.1. The molecular formula is C15H19NO3S. The molecule has 1 saturated carbocycles. The lowest BCUT2D eigenvalue weighted by atomic mass is 9.85. The zero-order valence-electron chi connectivity index (χ0n) is 11.5. The van der Waals surface area contributed by atoms with Crippen molar-refractivity contribution in [2.24, 2.45) is 5.92 Å². The van der Waals surface area contributed by atoms with Gasteiger partial charge in [-0.25, -0.2) is 4.79 Å². The molecule has 1 heterocycles. The summed E-state index contributed by atoms with van der Waals surface area (Å²) in [7, 11) is 0. The first-order valence-electron chi connectivity index (χ1n) is 6.89.